The summed E-state index contributed by atoms with van der Waals surface area (Å²) in [6, 6.07) is -0.196. The molecular weight excluding hydrogens is 209 g/mol. The third-order valence-electron chi connectivity index (χ3n) is 2.18. The normalized spacial score (nSPS) is 16.5. The first kappa shape index (κ1) is 12.3. The van der Waals surface area contributed by atoms with Crippen LogP contribution in [0.25, 0.3) is 0 Å². The zero-order chi connectivity index (χ0) is 11.5. The number of hydrogen-bond donors (Lipinski definition) is 1. The Morgan fingerprint density at radius 2 is 2.07 bits per heavy atom. The fourth-order valence-corrected chi connectivity index (χ4v) is 1.33. The van der Waals surface area contributed by atoms with E-state index in [0.717, 1.165) is 4.90 Å². The smallest absolute Gasteiger partial charge is 0.330 e. The molecule has 0 spiro atoms. The van der Waals surface area contributed by atoms with Crippen LogP contribution in [0.5, 0.6) is 0 Å². The highest BCUT2D eigenvalue weighted by Crippen LogP contribution is 2.29. The van der Waals surface area contributed by atoms with Crippen LogP contribution >= 0.6 is 0 Å². The van der Waals surface area contributed by atoms with Gasteiger partial charge in [-0.2, -0.15) is 13.2 Å². The summed E-state index contributed by atoms with van der Waals surface area (Å²) in [6.45, 7) is 1.25. The van der Waals surface area contributed by atoms with Crippen molar-refractivity contribution in [1.29, 1.82) is 0 Å². The Balaban J connectivity index is 2.46. The Morgan fingerprint density at radius 1 is 1.47 bits per heavy atom. The maximum absolute atomic E-state index is 12.2. The molecular formula is C9H15F3N2O. The standard InChI is InChI=1S/C9H15F3N2O/c1-2-13-5-8(15)14(7-3-4-7)6-9(10,11)12/h7,13H,2-6H2,1H3. The molecule has 1 saturated carbocycles. The van der Waals surface area contributed by atoms with E-state index in [9.17, 15) is 18.0 Å². The van der Waals surface area contributed by atoms with Gasteiger partial charge in [-0.1, -0.05) is 6.92 Å². The SMILES string of the molecule is CCNCC(=O)N(CC(F)(F)F)C1CC1. The second-order valence-electron chi connectivity index (χ2n) is 3.65. The van der Waals surface area contributed by atoms with Crippen LogP contribution in [0.3, 0.4) is 0 Å². The Hall–Kier alpha value is -0.780. The molecule has 0 heterocycles. The molecule has 0 aliphatic heterocycles. The van der Waals surface area contributed by atoms with E-state index in [1.165, 1.54) is 0 Å². The summed E-state index contributed by atoms with van der Waals surface area (Å²) < 4.78 is 36.5. The van der Waals surface area contributed by atoms with E-state index in [1.54, 1.807) is 6.92 Å². The molecule has 6 heteroatoms. The fraction of sp³-hybridized carbons (Fsp3) is 0.889. The Kier molecular flexibility index (Phi) is 3.96. The molecule has 1 fully saturated rings. The number of halogens is 3. The monoisotopic (exact) mass is 224 g/mol. The molecule has 1 aliphatic rings. The van der Waals surface area contributed by atoms with E-state index >= 15 is 0 Å². The number of alkyl halides is 3. The fourth-order valence-electron chi connectivity index (χ4n) is 1.33. The lowest BCUT2D eigenvalue weighted by Crippen LogP contribution is -2.44. The predicted molar refractivity (Wildman–Crippen MR) is 49.3 cm³/mol. The Bertz CT molecular complexity index is 226. The third kappa shape index (κ3) is 4.51. The van der Waals surface area contributed by atoms with Gasteiger partial charge in [-0.15, -0.1) is 0 Å². The van der Waals surface area contributed by atoms with Gasteiger partial charge in [0.1, 0.15) is 6.54 Å². The molecule has 0 aromatic rings. The number of nitrogens with zero attached hydrogens (tertiary/aromatic N) is 1. The Labute approximate surface area is 86.6 Å². The highest BCUT2D eigenvalue weighted by atomic mass is 19.4. The van der Waals surface area contributed by atoms with Gasteiger partial charge in [0.05, 0.1) is 6.54 Å². The van der Waals surface area contributed by atoms with Crippen LogP contribution in [0, 0.1) is 0 Å². The molecule has 0 bridgehead atoms. The van der Waals surface area contributed by atoms with Gasteiger partial charge in [0, 0.05) is 6.04 Å². The van der Waals surface area contributed by atoms with Crippen molar-refractivity contribution < 1.29 is 18.0 Å². The van der Waals surface area contributed by atoms with Gasteiger partial charge >= 0.3 is 6.18 Å². The van der Waals surface area contributed by atoms with Gasteiger partial charge in [-0.05, 0) is 19.4 Å². The second-order valence-corrected chi connectivity index (χ2v) is 3.65. The molecule has 0 aromatic heterocycles. The lowest BCUT2D eigenvalue weighted by molar-refractivity contribution is -0.161. The minimum absolute atomic E-state index is 0.0108. The highest BCUT2D eigenvalue weighted by Gasteiger charge is 2.40. The van der Waals surface area contributed by atoms with Crippen LogP contribution < -0.4 is 5.32 Å². The first-order chi connectivity index (χ1) is 6.94. The second kappa shape index (κ2) is 4.83. The summed E-state index contributed by atoms with van der Waals surface area (Å²) in [7, 11) is 0. The van der Waals surface area contributed by atoms with Crippen LogP contribution in [0.15, 0.2) is 0 Å². The zero-order valence-corrected chi connectivity index (χ0v) is 8.60. The van der Waals surface area contributed by atoms with Crippen molar-refractivity contribution in [3.8, 4) is 0 Å². The maximum atomic E-state index is 12.2. The number of rotatable bonds is 5. The van der Waals surface area contributed by atoms with Gasteiger partial charge in [-0.25, -0.2) is 0 Å². The van der Waals surface area contributed by atoms with Crippen LogP contribution in [-0.4, -0.2) is 42.7 Å². The lowest BCUT2D eigenvalue weighted by atomic mass is 10.4. The van der Waals surface area contributed by atoms with Crippen molar-refractivity contribution in [3.63, 3.8) is 0 Å². The van der Waals surface area contributed by atoms with E-state index in [0.29, 0.717) is 19.4 Å². The highest BCUT2D eigenvalue weighted by molar-refractivity contribution is 5.79. The third-order valence-corrected chi connectivity index (χ3v) is 2.18. The summed E-state index contributed by atoms with van der Waals surface area (Å²) in [5.41, 5.74) is 0. The van der Waals surface area contributed by atoms with Gasteiger partial charge in [-0.3, -0.25) is 4.79 Å². The molecule has 15 heavy (non-hydrogen) atoms. The molecule has 0 radical (unpaired) electrons. The zero-order valence-electron chi connectivity index (χ0n) is 8.60. The first-order valence-corrected chi connectivity index (χ1v) is 5.01. The summed E-state index contributed by atoms with van der Waals surface area (Å²) in [4.78, 5) is 12.4. The average Bonchev–Trinajstić information content (AvgIpc) is 2.92. The summed E-state index contributed by atoms with van der Waals surface area (Å²) in [5, 5.41) is 2.74. The van der Waals surface area contributed by atoms with Gasteiger partial charge in [0.2, 0.25) is 5.91 Å². The molecule has 1 aliphatic carbocycles. The summed E-state index contributed by atoms with van der Waals surface area (Å²) in [6.07, 6.45) is -2.92. The van der Waals surface area contributed by atoms with Crippen molar-refractivity contribution >= 4 is 5.91 Å². The molecule has 0 atom stereocenters. The predicted octanol–water partition coefficient (Wildman–Crippen LogP) is 1.15. The number of likely N-dealkylation sites (N-methyl/N-ethyl adjacent to an activating group) is 1. The minimum atomic E-state index is -4.30. The largest absolute Gasteiger partial charge is 0.406 e. The number of hydrogen-bond acceptors (Lipinski definition) is 2. The van der Waals surface area contributed by atoms with Crippen molar-refractivity contribution in [1.82, 2.24) is 10.2 Å². The summed E-state index contributed by atoms with van der Waals surface area (Å²) in [5.74, 6) is -0.461. The van der Waals surface area contributed by atoms with Crippen LogP contribution in [0.1, 0.15) is 19.8 Å². The van der Waals surface area contributed by atoms with Crippen molar-refractivity contribution in [2.75, 3.05) is 19.6 Å². The molecule has 0 saturated heterocycles. The minimum Gasteiger partial charge on any atom is -0.330 e. The van der Waals surface area contributed by atoms with E-state index in [4.69, 9.17) is 0 Å². The van der Waals surface area contributed by atoms with Gasteiger partial charge < -0.3 is 10.2 Å². The van der Waals surface area contributed by atoms with Crippen molar-refractivity contribution in [2.24, 2.45) is 0 Å². The first-order valence-electron chi connectivity index (χ1n) is 5.01. The molecule has 1 N–H and O–H groups in total. The van der Waals surface area contributed by atoms with E-state index < -0.39 is 18.6 Å². The molecule has 1 amide bonds. The number of nitrogens with one attached hydrogen (secondary N) is 1. The van der Waals surface area contributed by atoms with Crippen molar-refractivity contribution in [3.05, 3.63) is 0 Å². The van der Waals surface area contributed by atoms with E-state index in [-0.39, 0.29) is 12.6 Å². The van der Waals surface area contributed by atoms with E-state index in [2.05, 4.69) is 5.32 Å². The molecule has 0 aromatic carbocycles. The molecule has 1 rings (SSSR count). The maximum Gasteiger partial charge on any atom is 0.406 e. The number of carbonyl (C=O) groups is 1. The lowest BCUT2D eigenvalue weighted by Gasteiger charge is -2.23. The van der Waals surface area contributed by atoms with E-state index in [1.807, 2.05) is 0 Å². The molecule has 0 unspecified atom stereocenters. The quantitative estimate of drug-likeness (QED) is 0.759. The molecule has 88 valence electrons. The average molecular weight is 224 g/mol. The van der Waals surface area contributed by atoms with Gasteiger partial charge in [0.25, 0.3) is 0 Å². The molecule has 3 nitrogen and oxygen atoms in total. The van der Waals surface area contributed by atoms with Gasteiger partial charge in [0.15, 0.2) is 0 Å². The Morgan fingerprint density at radius 3 is 2.47 bits per heavy atom. The van der Waals surface area contributed by atoms with Crippen molar-refractivity contribution in [2.45, 2.75) is 32.0 Å². The van der Waals surface area contributed by atoms with Crippen LogP contribution in [-0.2, 0) is 4.79 Å². The summed E-state index contributed by atoms with van der Waals surface area (Å²) >= 11 is 0. The number of amides is 1. The topological polar surface area (TPSA) is 32.3 Å². The van der Waals surface area contributed by atoms with Crippen LogP contribution in [0.4, 0.5) is 13.2 Å². The van der Waals surface area contributed by atoms with Crippen LogP contribution in [0.2, 0.25) is 0 Å². The number of carbonyl (C=O) groups excluding carboxylic acids is 1.